The van der Waals surface area contributed by atoms with Crippen LogP contribution in [0.15, 0.2) is 0 Å². The van der Waals surface area contributed by atoms with Gasteiger partial charge in [-0.3, -0.25) is 47.9 Å². The topological polar surface area (TPSA) is 258 Å². The van der Waals surface area contributed by atoms with E-state index in [0.717, 1.165) is 14.7 Å². The summed E-state index contributed by atoms with van der Waals surface area (Å²) in [5.74, 6) is -4.67. The van der Waals surface area contributed by atoms with E-state index in [1.807, 2.05) is 34.6 Å². The zero-order valence-electron chi connectivity index (χ0n) is 33.4. The molecule has 0 aromatic carbocycles. The highest BCUT2D eigenvalue weighted by Gasteiger charge is 2.20. The number of carbonyl (C=O) groups excluding carboxylic acids is 9. The average Bonchev–Trinajstić information content (AvgIpc) is 3.13. The zero-order valence-corrected chi connectivity index (χ0v) is 33.4. The van der Waals surface area contributed by atoms with E-state index in [2.05, 4.69) is 21.3 Å². The predicted molar refractivity (Wildman–Crippen MR) is 196 cm³/mol. The number of carboxylic acid groups (broad SMARTS) is 1. The summed E-state index contributed by atoms with van der Waals surface area (Å²) >= 11 is 0. The second kappa shape index (κ2) is 32.6. The Hall–Kier alpha value is -5.34. The lowest BCUT2D eigenvalue weighted by atomic mass is 10.4. The van der Waals surface area contributed by atoms with E-state index < -0.39 is 42.0 Å². The summed E-state index contributed by atoms with van der Waals surface area (Å²) in [4.78, 5) is 121. The molecule has 0 saturated carbocycles. The van der Waals surface area contributed by atoms with Crippen LogP contribution in [0.1, 0.15) is 34.6 Å². The number of likely N-dealkylation sites (N-methyl/N-ethyl adjacent to an activating group) is 7. The van der Waals surface area contributed by atoms with E-state index in [0.29, 0.717) is 13.0 Å². The second-order valence-electron chi connectivity index (χ2n) is 10.7. The van der Waals surface area contributed by atoms with Crippen LogP contribution in [0, 0.1) is 0 Å². The van der Waals surface area contributed by atoms with Gasteiger partial charge in [0.25, 0.3) is 0 Å². The smallest absolute Gasteiger partial charge is 0.322 e. The molecular formula is C32H62N10O11. The van der Waals surface area contributed by atoms with E-state index in [1.165, 1.54) is 49.9 Å². The first-order valence-electron chi connectivity index (χ1n) is 16.8. The first-order valence-corrected chi connectivity index (χ1v) is 16.8. The van der Waals surface area contributed by atoms with E-state index in [4.69, 9.17) is 5.11 Å². The molecule has 0 aliphatic rings. The van der Waals surface area contributed by atoms with Gasteiger partial charge in [-0.2, -0.15) is 0 Å². The van der Waals surface area contributed by atoms with Gasteiger partial charge in [-0.15, -0.1) is 0 Å². The maximum absolute atomic E-state index is 12.0. The molecule has 0 aliphatic carbocycles. The predicted octanol–water partition coefficient (Wildman–Crippen LogP) is -3.92. The quantitative estimate of drug-likeness (QED) is 0.0746. The van der Waals surface area contributed by atoms with Gasteiger partial charge in [-0.05, 0) is 14.0 Å². The highest BCUT2D eigenvalue weighted by atomic mass is 16.4. The minimum atomic E-state index is -1.21. The molecule has 53 heavy (non-hydrogen) atoms. The van der Waals surface area contributed by atoms with Gasteiger partial charge >= 0.3 is 5.97 Å². The van der Waals surface area contributed by atoms with Crippen molar-refractivity contribution in [1.29, 1.82) is 0 Å². The Balaban J connectivity index is -0.000000416. The normalized spacial score (nSPS) is 9.28. The molecule has 0 aromatic rings. The third-order valence-electron chi connectivity index (χ3n) is 6.32. The van der Waals surface area contributed by atoms with Gasteiger partial charge < -0.3 is 55.8 Å². The molecule has 21 nitrogen and oxygen atoms in total. The third-order valence-corrected chi connectivity index (χ3v) is 6.32. The summed E-state index contributed by atoms with van der Waals surface area (Å²) in [6, 6.07) is 0. The van der Waals surface area contributed by atoms with Crippen molar-refractivity contribution in [3.8, 4) is 0 Å². The van der Waals surface area contributed by atoms with Crippen molar-refractivity contribution in [2.75, 3.05) is 115 Å². The molecule has 0 bridgehead atoms. The molecule has 5 N–H and O–H groups in total. The Morgan fingerprint density at radius 3 is 1.15 bits per heavy atom. The molecule has 0 unspecified atom stereocenters. The van der Waals surface area contributed by atoms with Crippen LogP contribution in [0.25, 0.3) is 0 Å². The lowest BCUT2D eigenvalue weighted by molar-refractivity contribution is -0.141. The van der Waals surface area contributed by atoms with E-state index in [-0.39, 0.29) is 70.1 Å². The molecule has 0 radical (unpaired) electrons. The van der Waals surface area contributed by atoms with Gasteiger partial charge in [-0.1, -0.05) is 27.7 Å². The van der Waals surface area contributed by atoms with E-state index >= 15 is 0 Å². The van der Waals surface area contributed by atoms with Crippen molar-refractivity contribution in [3.05, 3.63) is 0 Å². The lowest BCUT2D eigenvalue weighted by Gasteiger charge is -2.22. The molecule has 9 amide bonds. The summed E-state index contributed by atoms with van der Waals surface area (Å²) in [6.45, 7) is 8.35. The van der Waals surface area contributed by atoms with Gasteiger partial charge in [0, 0.05) is 48.8 Å². The fourth-order valence-electron chi connectivity index (χ4n) is 3.12. The van der Waals surface area contributed by atoms with Crippen LogP contribution in [0.4, 0.5) is 0 Å². The Morgan fingerprint density at radius 2 is 0.811 bits per heavy atom. The summed E-state index contributed by atoms with van der Waals surface area (Å²) in [6.07, 6.45) is 0.467. The second-order valence-corrected chi connectivity index (χ2v) is 10.7. The molecule has 0 spiro atoms. The zero-order chi connectivity index (χ0) is 42.3. The number of aliphatic carboxylic acids is 1. The largest absolute Gasteiger partial charge is 0.480 e. The van der Waals surface area contributed by atoms with E-state index in [1.54, 1.807) is 14.1 Å². The average molecular weight is 763 g/mol. The van der Waals surface area contributed by atoms with Crippen LogP contribution in [0.2, 0.25) is 0 Å². The lowest BCUT2D eigenvalue weighted by Crippen LogP contribution is -2.46. The maximum atomic E-state index is 12.0. The highest BCUT2D eigenvalue weighted by molar-refractivity contribution is 5.91. The number of nitrogens with zero attached hydrogens (tertiary/aromatic N) is 6. The molecule has 0 saturated heterocycles. The van der Waals surface area contributed by atoms with Crippen molar-refractivity contribution < 1.29 is 53.1 Å². The molecule has 306 valence electrons. The number of hydrogen-bond donors (Lipinski definition) is 5. The van der Waals surface area contributed by atoms with Crippen molar-refractivity contribution in [2.45, 2.75) is 34.6 Å². The van der Waals surface area contributed by atoms with Gasteiger partial charge in [-0.25, -0.2) is 0 Å². The van der Waals surface area contributed by atoms with Crippen molar-refractivity contribution in [1.82, 2.24) is 50.7 Å². The molecule has 0 aromatic heterocycles. The first kappa shape index (κ1) is 54.4. The van der Waals surface area contributed by atoms with Gasteiger partial charge in [0.1, 0.15) is 6.54 Å². The van der Waals surface area contributed by atoms with Crippen LogP contribution < -0.4 is 21.3 Å². The maximum Gasteiger partial charge on any atom is 0.322 e. The Bertz CT molecular complexity index is 1190. The number of hydrogen-bond acceptors (Lipinski definition) is 11. The van der Waals surface area contributed by atoms with Gasteiger partial charge in [0.15, 0.2) is 0 Å². The third kappa shape index (κ3) is 29.0. The van der Waals surface area contributed by atoms with E-state index in [9.17, 15) is 47.9 Å². The van der Waals surface area contributed by atoms with Crippen LogP contribution in [-0.2, 0) is 47.9 Å². The van der Waals surface area contributed by atoms with Crippen molar-refractivity contribution in [2.24, 2.45) is 0 Å². The Labute approximate surface area is 312 Å². The van der Waals surface area contributed by atoms with Crippen molar-refractivity contribution >= 4 is 59.6 Å². The molecule has 0 fully saturated rings. The van der Waals surface area contributed by atoms with Crippen LogP contribution >= 0.6 is 0 Å². The summed E-state index contributed by atoms with van der Waals surface area (Å²) < 4.78 is 0. The van der Waals surface area contributed by atoms with Crippen LogP contribution in [-0.4, -0.2) is 209 Å². The molecule has 0 heterocycles. The van der Waals surface area contributed by atoms with Crippen LogP contribution in [0.3, 0.4) is 0 Å². The Morgan fingerprint density at radius 1 is 0.491 bits per heavy atom. The highest BCUT2D eigenvalue weighted by Crippen LogP contribution is 1.93. The number of carboxylic acids is 1. The summed E-state index contributed by atoms with van der Waals surface area (Å²) in [7, 11) is 10.4. The number of carbonyl (C=O) groups is 10. The standard InChI is InChI=1S/C14H23N5O7.C14H27N5O4.2C2H6/c1-17(9-20)6-10(21)15-4-12(23)19(3)8-13(24)18(2)7-11(22)16-5-14(25)26;1-6-17(3)13(22)8-16-11(20)9-18(4)14(23)10-19(5)12(21)7-15-2;2*1-2/h9H,4-8H2,1-3H3,(H,15,21)(H,16,22)(H,25,26);15H,6-10H2,1-5H3,(H,16,20);2*1-2H3. The summed E-state index contributed by atoms with van der Waals surface area (Å²) in [5, 5.41) is 18.0. The number of rotatable bonds is 20. The minimum Gasteiger partial charge on any atom is -0.480 e. The molecule has 0 aliphatic heterocycles. The monoisotopic (exact) mass is 762 g/mol. The fourth-order valence-corrected chi connectivity index (χ4v) is 3.12. The van der Waals surface area contributed by atoms with Crippen LogP contribution in [0.5, 0.6) is 0 Å². The summed E-state index contributed by atoms with van der Waals surface area (Å²) in [5.41, 5.74) is 0. The molecule has 21 heteroatoms. The molecular weight excluding hydrogens is 700 g/mol. The fraction of sp³-hybridized carbons (Fsp3) is 0.688. The molecule has 0 rings (SSSR count). The minimum absolute atomic E-state index is 0.105. The SMILES string of the molecule is CC.CC.CCN(C)C(=O)CNC(=O)CN(C)C(=O)CN(C)C(=O)CNC.CN(C=O)CC(=O)NCC(=O)N(C)CC(=O)N(C)CC(=O)NCC(=O)O. The Kier molecular flexibility index (Phi) is 33.4. The first-order chi connectivity index (χ1) is 24.8. The van der Waals surface area contributed by atoms with Crippen molar-refractivity contribution in [3.63, 3.8) is 0 Å². The van der Waals surface area contributed by atoms with Gasteiger partial charge in [0.2, 0.25) is 53.7 Å². The van der Waals surface area contributed by atoms with Gasteiger partial charge in [0.05, 0.1) is 52.4 Å². The molecule has 0 atom stereocenters. The number of amides is 9. The number of nitrogens with one attached hydrogen (secondary N) is 4.